The van der Waals surface area contributed by atoms with Gasteiger partial charge in [-0.15, -0.1) is 12.4 Å². The molecule has 0 bridgehead atoms. The van der Waals surface area contributed by atoms with Crippen LogP contribution in [0.5, 0.6) is 0 Å². The molecule has 0 spiro atoms. The first-order chi connectivity index (χ1) is 8.24. The molecule has 0 radical (unpaired) electrons. The van der Waals surface area contributed by atoms with Crippen molar-refractivity contribution in [2.75, 3.05) is 0 Å². The average Bonchev–Trinajstić information content (AvgIpc) is 2.70. The fraction of sp³-hybridized carbons (Fsp3) is 0.800. The smallest absolute Gasteiger partial charge is 0.232 e. The summed E-state index contributed by atoms with van der Waals surface area (Å²) in [5.74, 6) is 0.870. The normalized spacial score (nSPS) is 18.3. The summed E-state index contributed by atoms with van der Waals surface area (Å²) in [7, 11) is 0. The van der Waals surface area contributed by atoms with Gasteiger partial charge in [-0.3, -0.25) is 0 Å². The van der Waals surface area contributed by atoms with Crippen LogP contribution in [0.1, 0.15) is 50.2 Å². The van der Waals surface area contributed by atoms with Gasteiger partial charge in [-0.25, -0.2) is 0 Å². The summed E-state index contributed by atoms with van der Waals surface area (Å²) < 4.78 is 5.02. The van der Waals surface area contributed by atoms with Crippen LogP contribution in [0.2, 0.25) is 0 Å². The van der Waals surface area contributed by atoms with Gasteiger partial charge in [0.25, 0.3) is 0 Å². The summed E-state index contributed by atoms with van der Waals surface area (Å²) in [6.45, 7) is 0.0829. The molecule has 0 aromatic carbocycles. The molecule has 1 aromatic rings. The maximum atomic E-state index is 8.21. The number of hydrogen-bond donors (Lipinski definition) is 1. The monoisotopic (exact) mass is 272 g/mol. The van der Waals surface area contributed by atoms with Crippen LogP contribution in [0.15, 0.2) is 9.64 Å². The Morgan fingerprint density at radius 2 is 2.00 bits per heavy atom. The Morgan fingerprint density at radius 1 is 1.33 bits per heavy atom. The first kappa shape index (κ1) is 14.8. The lowest BCUT2D eigenvalue weighted by atomic mass is 9.91. The number of rotatable bonds is 3. The highest BCUT2D eigenvalue weighted by molar-refractivity contribution is 5.85. The number of nitrogens with two attached hydrogens (primary N) is 1. The lowest BCUT2D eigenvalue weighted by Crippen LogP contribution is -2.37. The average molecular weight is 273 g/mol. The van der Waals surface area contributed by atoms with Crippen molar-refractivity contribution in [3.63, 3.8) is 0 Å². The topological polar surface area (TPSA) is 114 Å². The van der Waals surface area contributed by atoms with Gasteiger partial charge in [-0.05, 0) is 18.4 Å². The third kappa shape index (κ3) is 3.35. The zero-order valence-corrected chi connectivity index (χ0v) is 10.9. The second-order valence-electron chi connectivity index (χ2n) is 4.47. The second-order valence-corrected chi connectivity index (χ2v) is 4.47. The molecular formula is C10H17ClN6O. The van der Waals surface area contributed by atoms with Gasteiger partial charge in [0.05, 0.1) is 5.54 Å². The van der Waals surface area contributed by atoms with Gasteiger partial charge >= 0.3 is 0 Å². The van der Waals surface area contributed by atoms with Crippen molar-refractivity contribution in [2.45, 2.75) is 50.6 Å². The summed E-state index contributed by atoms with van der Waals surface area (Å²) in [5.41, 5.74) is 14.1. The highest BCUT2D eigenvalue weighted by Gasteiger charge is 2.33. The molecular weight excluding hydrogens is 256 g/mol. The van der Waals surface area contributed by atoms with Crippen molar-refractivity contribution in [1.29, 1.82) is 0 Å². The number of nitrogens with zero attached hydrogens (tertiary/aromatic N) is 5. The zero-order valence-electron chi connectivity index (χ0n) is 10.1. The number of hydrogen-bond acceptors (Lipinski definition) is 5. The Kier molecular flexibility index (Phi) is 5.40. The van der Waals surface area contributed by atoms with E-state index in [0.29, 0.717) is 11.7 Å². The zero-order chi connectivity index (χ0) is 12.1. The summed E-state index contributed by atoms with van der Waals surface area (Å²) in [4.78, 5) is 6.87. The molecule has 1 aliphatic rings. The lowest BCUT2D eigenvalue weighted by molar-refractivity contribution is 0.325. The van der Waals surface area contributed by atoms with E-state index in [0.717, 1.165) is 25.7 Å². The summed E-state index contributed by atoms with van der Waals surface area (Å²) >= 11 is 0. The maximum Gasteiger partial charge on any atom is 0.232 e. The van der Waals surface area contributed by atoms with E-state index in [2.05, 4.69) is 20.2 Å². The van der Waals surface area contributed by atoms with E-state index in [1.807, 2.05) is 0 Å². The summed E-state index contributed by atoms with van der Waals surface area (Å²) in [6, 6.07) is 0. The molecule has 1 fully saturated rings. The Labute approximate surface area is 111 Å². The molecule has 0 amide bonds. The van der Waals surface area contributed by atoms with Gasteiger partial charge < -0.3 is 10.3 Å². The lowest BCUT2D eigenvalue weighted by Gasteiger charge is -2.23. The van der Waals surface area contributed by atoms with Gasteiger partial charge in [0.1, 0.15) is 6.54 Å². The third-order valence-corrected chi connectivity index (χ3v) is 3.18. The van der Waals surface area contributed by atoms with Crippen LogP contribution in [0.4, 0.5) is 0 Å². The molecule has 100 valence electrons. The van der Waals surface area contributed by atoms with Crippen LogP contribution in [0, 0.1) is 0 Å². The molecule has 0 unspecified atom stereocenters. The van der Waals surface area contributed by atoms with Gasteiger partial charge in [-0.2, -0.15) is 4.98 Å². The molecule has 0 atom stereocenters. The minimum absolute atomic E-state index is 0. The first-order valence-electron chi connectivity index (χ1n) is 5.87. The van der Waals surface area contributed by atoms with Crippen LogP contribution in [-0.4, -0.2) is 10.1 Å². The van der Waals surface area contributed by atoms with E-state index in [-0.39, 0.29) is 19.0 Å². The fourth-order valence-corrected chi connectivity index (χ4v) is 2.20. The van der Waals surface area contributed by atoms with Crippen LogP contribution in [-0.2, 0) is 12.1 Å². The van der Waals surface area contributed by atoms with Crippen LogP contribution in [0.3, 0.4) is 0 Å². The molecule has 1 aliphatic carbocycles. The molecule has 8 heteroatoms. The standard InChI is InChI=1S/C10H16N6O.ClH/c11-10(5-3-1-2-4-6-10)9-14-8(17-15-9)7-13-16-12;/h1-7,11H2;1H. The molecule has 1 heterocycles. The molecule has 7 nitrogen and oxygen atoms in total. The number of aromatic nitrogens is 2. The van der Waals surface area contributed by atoms with E-state index in [9.17, 15) is 0 Å². The fourth-order valence-electron chi connectivity index (χ4n) is 2.20. The Hall–Kier alpha value is -1.30. The van der Waals surface area contributed by atoms with Gasteiger partial charge in [0.2, 0.25) is 5.89 Å². The van der Waals surface area contributed by atoms with Crippen LogP contribution in [0.25, 0.3) is 10.4 Å². The van der Waals surface area contributed by atoms with E-state index < -0.39 is 5.54 Å². The number of azide groups is 1. The molecule has 0 aliphatic heterocycles. The van der Waals surface area contributed by atoms with Crippen molar-refractivity contribution in [2.24, 2.45) is 10.8 Å². The first-order valence-corrected chi connectivity index (χ1v) is 5.87. The van der Waals surface area contributed by atoms with Gasteiger partial charge in [0, 0.05) is 4.91 Å². The predicted molar refractivity (Wildman–Crippen MR) is 68.0 cm³/mol. The Balaban J connectivity index is 0.00000162. The molecule has 1 saturated carbocycles. The van der Waals surface area contributed by atoms with Gasteiger partial charge in [0.15, 0.2) is 5.82 Å². The van der Waals surface area contributed by atoms with Gasteiger partial charge in [-0.1, -0.05) is 36.0 Å². The van der Waals surface area contributed by atoms with Crippen LogP contribution < -0.4 is 5.73 Å². The minimum Gasteiger partial charge on any atom is -0.339 e. The summed E-state index contributed by atoms with van der Waals surface area (Å²) in [6.07, 6.45) is 6.37. The van der Waals surface area contributed by atoms with Crippen molar-refractivity contribution in [3.05, 3.63) is 22.2 Å². The second kappa shape index (κ2) is 6.58. The van der Waals surface area contributed by atoms with Crippen molar-refractivity contribution in [3.8, 4) is 0 Å². The predicted octanol–water partition coefficient (Wildman–Crippen LogP) is 2.81. The molecule has 2 N–H and O–H groups in total. The highest BCUT2D eigenvalue weighted by atomic mass is 35.5. The van der Waals surface area contributed by atoms with E-state index in [1.165, 1.54) is 12.8 Å². The van der Waals surface area contributed by atoms with Crippen molar-refractivity contribution >= 4 is 12.4 Å². The van der Waals surface area contributed by atoms with Crippen molar-refractivity contribution in [1.82, 2.24) is 10.1 Å². The SMILES string of the molecule is Cl.[N-]=[N+]=NCc1nc(C2(N)CCCCCC2)no1. The maximum absolute atomic E-state index is 8.21. The molecule has 0 saturated heterocycles. The third-order valence-electron chi connectivity index (χ3n) is 3.18. The van der Waals surface area contributed by atoms with Crippen LogP contribution >= 0.6 is 12.4 Å². The van der Waals surface area contributed by atoms with E-state index in [1.54, 1.807) is 0 Å². The highest BCUT2D eigenvalue weighted by Crippen LogP contribution is 2.31. The quantitative estimate of drug-likeness (QED) is 0.394. The van der Waals surface area contributed by atoms with E-state index >= 15 is 0 Å². The molecule has 18 heavy (non-hydrogen) atoms. The number of halogens is 1. The largest absolute Gasteiger partial charge is 0.339 e. The molecule has 1 aromatic heterocycles. The minimum atomic E-state index is -0.478. The Bertz CT molecular complexity index is 420. The summed E-state index contributed by atoms with van der Waals surface area (Å²) in [5, 5.41) is 7.30. The molecule has 2 rings (SSSR count). The van der Waals surface area contributed by atoms with Crippen molar-refractivity contribution < 1.29 is 4.52 Å². The Morgan fingerprint density at radius 3 is 2.61 bits per heavy atom. The van der Waals surface area contributed by atoms with E-state index in [4.69, 9.17) is 15.8 Å².